The van der Waals surface area contributed by atoms with Crippen LogP contribution in [-0.4, -0.2) is 51.2 Å². The first-order valence-corrected chi connectivity index (χ1v) is 17.2. The number of benzene rings is 2. The molecule has 0 radical (unpaired) electrons. The Morgan fingerprint density at radius 3 is 2.09 bits per heavy atom. The van der Waals surface area contributed by atoms with Gasteiger partial charge in [0.15, 0.2) is 19.3 Å². The Balaban J connectivity index is 1.46. The lowest BCUT2D eigenvalue weighted by Gasteiger charge is -2.26. The number of ether oxygens (including phenoxy) is 4. The van der Waals surface area contributed by atoms with Crippen molar-refractivity contribution in [3.63, 3.8) is 0 Å². The molecule has 0 saturated carbocycles. The predicted octanol–water partition coefficient (Wildman–Crippen LogP) is 9.53. The van der Waals surface area contributed by atoms with E-state index in [0.717, 1.165) is 60.0 Å². The monoisotopic (exact) mass is 659 g/mol. The Kier molecular flexibility index (Phi) is 10.5. The van der Waals surface area contributed by atoms with Crippen LogP contribution in [0.5, 0.6) is 11.5 Å². The van der Waals surface area contributed by atoms with Crippen LogP contribution in [0.25, 0.3) is 0 Å². The van der Waals surface area contributed by atoms with Gasteiger partial charge < -0.3 is 23.8 Å². The third kappa shape index (κ3) is 6.45. The van der Waals surface area contributed by atoms with Crippen LogP contribution in [0.2, 0.25) is 0 Å². The summed E-state index contributed by atoms with van der Waals surface area (Å²) in [6.45, 7) is 20.0. The summed E-state index contributed by atoms with van der Waals surface area (Å²) in [6.07, 6.45) is 12.1. The quantitative estimate of drug-likeness (QED) is 0.178. The van der Waals surface area contributed by atoms with Crippen molar-refractivity contribution in [2.45, 2.75) is 85.5 Å². The van der Waals surface area contributed by atoms with E-state index in [1.807, 2.05) is 0 Å². The molecule has 252 valence electrons. The second-order valence-corrected chi connectivity index (χ2v) is 14.1. The molecule has 47 heavy (non-hydrogen) atoms. The summed E-state index contributed by atoms with van der Waals surface area (Å²) < 4.78 is 24.6. The summed E-state index contributed by atoms with van der Waals surface area (Å²) in [6, 6.07) is 8.85. The van der Waals surface area contributed by atoms with Crippen LogP contribution >= 0.6 is 11.6 Å². The van der Waals surface area contributed by atoms with E-state index < -0.39 is 0 Å². The first-order chi connectivity index (χ1) is 22.4. The molecule has 0 atom stereocenters. The normalized spacial score (nSPS) is 20.2. The maximum atomic E-state index is 7.20. The van der Waals surface area contributed by atoms with Gasteiger partial charge in [0.05, 0.1) is 5.41 Å². The van der Waals surface area contributed by atoms with Gasteiger partial charge in [-0.3, -0.25) is 0 Å². The molecule has 6 nitrogen and oxygen atoms in total. The van der Waals surface area contributed by atoms with E-state index in [1.165, 1.54) is 45.1 Å². The average Bonchev–Trinajstić information content (AvgIpc) is 3.37. The van der Waals surface area contributed by atoms with E-state index in [-0.39, 0.29) is 24.4 Å². The molecule has 2 aliphatic heterocycles. The fourth-order valence-corrected chi connectivity index (χ4v) is 7.72. The van der Waals surface area contributed by atoms with Crippen LogP contribution in [0.4, 0.5) is 11.4 Å². The molecule has 1 aliphatic carbocycles. The van der Waals surface area contributed by atoms with Crippen molar-refractivity contribution in [3.05, 3.63) is 92.7 Å². The Hall–Kier alpha value is -3.32. The highest BCUT2D eigenvalue weighted by molar-refractivity contribution is 6.32. The molecule has 0 unspecified atom stereocenters. The van der Waals surface area contributed by atoms with Crippen molar-refractivity contribution in [3.8, 4) is 11.5 Å². The molecule has 2 heterocycles. The number of hydrogen-bond donors (Lipinski definition) is 0. The van der Waals surface area contributed by atoms with Crippen molar-refractivity contribution in [2.24, 2.45) is 0 Å². The minimum absolute atomic E-state index is 0.189. The molecule has 0 amide bonds. The van der Waals surface area contributed by atoms with Crippen LogP contribution in [0.1, 0.15) is 83.1 Å². The van der Waals surface area contributed by atoms with Crippen molar-refractivity contribution in [2.75, 3.05) is 45.8 Å². The van der Waals surface area contributed by atoms with Crippen molar-refractivity contribution in [1.29, 1.82) is 0 Å². The second kappa shape index (κ2) is 14.0. The van der Waals surface area contributed by atoms with Gasteiger partial charge in [0.2, 0.25) is 5.69 Å². The molecular formula is C40H52ClN2O4+. The highest BCUT2D eigenvalue weighted by Gasteiger charge is 2.45. The van der Waals surface area contributed by atoms with Crippen LogP contribution in [0, 0.1) is 13.8 Å². The first kappa shape index (κ1) is 35.0. The number of fused-ring (bicyclic) bond motifs is 2. The molecule has 2 aromatic carbocycles. The van der Waals surface area contributed by atoms with Crippen LogP contribution in [-0.2, 0) is 20.3 Å². The number of methoxy groups -OCH3 is 2. The Morgan fingerprint density at radius 1 is 0.830 bits per heavy atom. The topological polar surface area (TPSA) is 43.2 Å². The third-order valence-corrected chi connectivity index (χ3v) is 10.5. The summed E-state index contributed by atoms with van der Waals surface area (Å²) >= 11 is 7.20. The molecule has 0 aromatic heterocycles. The zero-order valence-corrected chi connectivity index (χ0v) is 30.7. The molecule has 0 bridgehead atoms. The number of halogens is 1. The van der Waals surface area contributed by atoms with Gasteiger partial charge in [-0.05, 0) is 113 Å². The first-order valence-electron chi connectivity index (χ1n) is 16.8. The number of aryl methyl sites for hydroxylation is 2. The van der Waals surface area contributed by atoms with Crippen molar-refractivity contribution in [1.82, 2.24) is 0 Å². The van der Waals surface area contributed by atoms with Crippen LogP contribution in [0.3, 0.4) is 0 Å². The predicted molar refractivity (Wildman–Crippen MR) is 194 cm³/mol. The minimum Gasteiger partial charge on any atom is -0.467 e. The molecule has 7 heteroatoms. The van der Waals surface area contributed by atoms with Gasteiger partial charge in [0, 0.05) is 60.3 Å². The van der Waals surface area contributed by atoms with E-state index in [1.54, 1.807) is 14.2 Å². The smallest absolute Gasteiger partial charge is 0.210 e. The van der Waals surface area contributed by atoms with Gasteiger partial charge in [-0.25, -0.2) is 0 Å². The van der Waals surface area contributed by atoms with Crippen molar-refractivity contribution >= 4 is 28.7 Å². The van der Waals surface area contributed by atoms with Gasteiger partial charge in [-0.2, -0.15) is 4.58 Å². The summed E-state index contributed by atoms with van der Waals surface area (Å²) in [5.41, 5.74) is 11.7. The minimum atomic E-state index is -0.189. The second-order valence-electron chi connectivity index (χ2n) is 13.8. The molecule has 0 spiro atoms. The SMILES string of the molecule is CCN1/C(=C\C=C2/CCCC(/C=C/C3=[N+](CC)c4cc(C)c(OCOC)cc4C3(C)C)=C2Cl)C(C)(C)c2cc(OCOC)c(C)cc21. The molecule has 5 rings (SSSR count). The fourth-order valence-electron chi connectivity index (χ4n) is 7.40. The summed E-state index contributed by atoms with van der Waals surface area (Å²) in [4.78, 5) is 2.42. The van der Waals surface area contributed by atoms with E-state index >= 15 is 0 Å². The molecular weight excluding hydrogens is 608 g/mol. The van der Waals surface area contributed by atoms with Gasteiger partial charge in [0.1, 0.15) is 18.0 Å². The standard InChI is InChI=1S/C40H52ClN2O4/c1-11-42-32-20-26(3)34(46-24-44-9)22-30(32)39(5,6)36(42)18-16-28-14-13-15-29(38(28)41)17-19-37-40(7,8)31-23-35(47-25-45-10)27(4)21-33(31)43(37)12-2/h16-23H,11-15,24-25H2,1-10H3/q+1. The lowest BCUT2D eigenvalue weighted by atomic mass is 9.80. The lowest BCUT2D eigenvalue weighted by Crippen LogP contribution is -2.27. The summed E-state index contributed by atoms with van der Waals surface area (Å²) in [5, 5.41) is 0.870. The zero-order valence-electron chi connectivity index (χ0n) is 30.0. The van der Waals surface area contributed by atoms with Crippen molar-refractivity contribution < 1.29 is 23.5 Å². The van der Waals surface area contributed by atoms with E-state index in [9.17, 15) is 0 Å². The molecule has 0 saturated heterocycles. The Bertz CT molecular complexity index is 1690. The van der Waals surface area contributed by atoms with Crippen LogP contribution in [0.15, 0.2) is 70.4 Å². The largest absolute Gasteiger partial charge is 0.467 e. The Morgan fingerprint density at radius 2 is 1.47 bits per heavy atom. The highest BCUT2D eigenvalue weighted by atomic mass is 35.5. The number of allylic oxidation sites excluding steroid dienone is 8. The molecule has 0 fully saturated rings. The van der Waals surface area contributed by atoms with E-state index in [0.29, 0.717) is 0 Å². The number of likely N-dealkylation sites (N-methyl/N-ethyl adjacent to an activating group) is 1. The van der Waals surface area contributed by atoms with Gasteiger partial charge in [0.25, 0.3) is 0 Å². The molecule has 2 aromatic rings. The van der Waals surface area contributed by atoms with Gasteiger partial charge in [-0.1, -0.05) is 37.6 Å². The van der Waals surface area contributed by atoms with Crippen LogP contribution < -0.4 is 14.4 Å². The average molecular weight is 660 g/mol. The highest BCUT2D eigenvalue weighted by Crippen LogP contribution is 2.50. The molecule has 3 aliphatic rings. The Labute approximate surface area is 287 Å². The maximum absolute atomic E-state index is 7.20. The van der Waals surface area contributed by atoms with Gasteiger partial charge >= 0.3 is 0 Å². The summed E-state index contributed by atoms with van der Waals surface area (Å²) in [7, 11) is 3.30. The lowest BCUT2D eigenvalue weighted by molar-refractivity contribution is -0.433. The third-order valence-electron chi connectivity index (χ3n) is 10.0. The maximum Gasteiger partial charge on any atom is 0.210 e. The summed E-state index contributed by atoms with van der Waals surface area (Å²) in [5.74, 6) is 1.74. The number of hydrogen-bond acceptors (Lipinski definition) is 5. The number of anilines is 1. The van der Waals surface area contributed by atoms with E-state index in [4.69, 9.17) is 30.5 Å². The zero-order chi connectivity index (χ0) is 34.1. The van der Waals surface area contributed by atoms with E-state index in [2.05, 4.69) is 113 Å². The number of nitrogens with zero attached hydrogens (tertiary/aromatic N) is 2. The molecule has 0 N–H and O–H groups in total. The fraction of sp³-hybridized carbons (Fsp3) is 0.475. The number of rotatable bonds is 11. The van der Waals surface area contributed by atoms with Gasteiger partial charge in [-0.15, -0.1) is 0 Å².